The molecule has 27 heavy (non-hydrogen) atoms. The van der Waals surface area contributed by atoms with Crippen LogP contribution in [-0.4, -0.2) is 11.6 Å². The van der Waals surface area contributed by atoms with Crippen molar-refractivity contribution in [2.75, 3.05) is 0 Å². The van der Waals surface area contributed by atoms with Gasteiger partial charge in [0.2, 0.25) is 0 Å². The number of benzene rings is 2. The topological polar surface area (TPSA) is 45.9 Å². The van der Waals surface area contributed by atoms with Crippen molar-refractivity contribution < 1.29 is 26.7 Å². The van der Waals surface area contributed by atoms with E-state index in [0.29, 0.717) is 4.70 Å². The SMILES string of the molecule is N#CC(=Cc1ccccc1OC(F)F)c1nc2cc(C(F)(F)F)ccc2s1. The molecule has 3 aromatic rings. The largest absolute Gasteiger partial charge is 0.434 e. The Morgan fingerprint density at radius 3 is 2.59 bits per heavy atom. The van der Waals surface area contributed by atoms with E-state index in [1.807, 2.05) is 6.07 Å². The van der Waals surface area contributed by atoms with Crippen LogP contribution < -0.4 is 4.74 Å². The van der Waals surface area contributed by atoms with Gasteiger partial charge < -0.3 is 4.74 Å². The van der Waals surface area contributed by atoms with Crippen LogP contribution in [0.15, 0.2) is 42.5 Å². The molecule has 0 N–H and O–H groups in total. The summed E-state index contributed by atoms with van der Waals surface area (Å²) in [6.45, 7) is -3.03. The van der Waals surface area contributed by atoms with Crippen molar-refractivity contribution in [3.63, 3.8) is 0 Å². The maximum atomic E-state index is 12.8. The van der Waals surface area contributed by atoms with Crippen LogP contribution in [0, 0.1) is 11.3 Å². The van der Waals surface area contributed by atoms with Gasteiger partial charge >= 0.3 is 12.8 Å². The van der Waals surface area contributed by atoms with Gasteiger partial charge in [0.05, 0.1) is 21.4 Å². The third-order valence-corrected chi connectivity index (χ3v) is 4.57. The second-order valence-electron chi connectivity index (χ2n) is 5.29. The van der Waals surface area contributed by atoms with E-state index in [9.17, 15) is 27.2 Å². The lowest BCUT2D eigenvalue weighted by atomic mass is 10.1. The van der Waals surface area contributed by atoms with E-state index in [2.05, 4.69) is 9.72 Å². The highest BCUT2D eigenvalue weighted by Crippen LogP contribution is 2.35. The van der Waals surface area contributed by atoms with Gasteiger partial charge in [0.25, 0.3) is 0 Å². The highest BCUT2D eigenvalue weighted by Gasteiger charge is 2.30. The summed E-state index contributed by atoms with van der Waals surface area (Å²) in [6, 6.07) is 10.9. The normalized spacial score (nSPS) is 12.4. The maximum Gasteiger partial charge on any atom is 0.416 e. The third-order valence-electron chi connectivity index (χ3n) is 3.50. The van der Waals surface area contributed by atoms with Crippen LogP contribution in [0.3, 0.4) is 0 Å². The van der Waals surface area contributed by atoms with E-state index in [0.717, 1.165) is 23.5 Å². The number of hydrogen-bond donors (Lipinski definition) is 0. The van der Waals surface area contributed by atoms with E-state index < -0.39 is 18.4 Å². The Morgan fingerprint density at radius 2 is 1.93 bits per heavy atom. The molecule has 3 rings (SSSR count). The highest BCUT2D eigenvalue weighted by atomic mass is 32.1. The summed E-state index contributed by atoms with van der Waals surface area (Å²) in [5.74, 6) is -0.124. The predicted molar refractivity (Wildman–Crippen MR) is 91.2 cm³/mol. The zero-order valence-corrected chi connectivity index (χ0v) is 14.1. The maximum absolute atomic E-state index is 12.8. The van der Waals surface area contributed by atoms with Crippen molar-refractivity contribution in [2.45, 2.75) is 12.8 Å². The molecule has 3 nitrogen and oxygen atoms in total. The zero-order chi connectivity index (χ0) is 19.6. The van der Waals surface area contributed by atoms with E-state index >= 15 is 0 Å². The van der Waals surface area contributed by atoms with E-state index in [4.69, 9.17) is 0 Å². The van der Waals surface area contributed by atoms with Gasteiger partial charge in [-0.15, -0.1) is 11.3 Å². The molecule has 1 heterocycles. The number of halogens is 5. The molecule has 0 atom stereocenters. The fourth-order valence-corrected chi connectivity index (χ4v) is 3.23. The summed E-state index contributed by atoms with van der Waals surface area (Å²) >= 11 is 1.03. The molecule has 0 unspecified atom stereocenters. The first-order valence-corrected chi connectivity index (χ1v) is 8.23. The summed E-state index contributed by atoms with van der Waals surface area (Å²) in [4.78, 5) is 4.08. The quantitative estimate of drug-likeness (QED) is 0.403. The van der Waals surface area contributed by atoms with Gasteiger partial charge in [-0.1, -0.05) is 18.2 Å². The van der Waals surface area contributed by atoms with Crippen molar-refractivity contribution in [3.05, 3.63) is 58.6 Å². The molecule has 0 saturated heterocycles. The second-order valence-corrected chi connectivity index (χ2v) is 6.32. The first-order valence-electron chi connectivity index (χ1n) is 7.42. The van der Waals surface area contributed by atoms with Crippen LogP contribution >= 0.6 is 11.3 Å². The Morgan fingerprint density at radius 1 is 1.19 bits per heavy atom. The Hall–Kier alpha value is -2.99. The average Bonchev–Trinajstić information content (AvgIpc) is 3.02. The molecule has 1 aromatic heterocycles. The number of ether oxygens (including phenoxy) is 1. The average molecular weight is 396 g/mol. The predicted octanol–water partition coefficient (Wildman–Crippen LogP) is 5.98. The highest BCUT2D eigenvalue weighted by molar-refractivity contribution is 7.19. The van der Waals surface area contributed by atoms with Crippen LogP contribution in [0.1, 0.15) is 16.1 Å². The van der Waals surface area contributed by atoms with Crippen LogP contribution in [0.4, 0.5) is 22.0 Å². The van der Waals surface area contributed by atoms with Crippen LogP contribution in [0.5, 0.6) is 5.75 Å². The lowest BCUT2D eigenvalue weighted by Crippen LogP contribution is -2.03. The van der Waals surface area contributed by atoms with Crippen LogP contribution in [-0.2, 0) is 6.18 Å². The Kier molecular flexibility index (Phi) is 5.10. The summed E-state index contributed by atoms with van der Waals surface area (Å²) in [5, 5.41) is 9.58. The number of allylic oxidation sites excluding steroid dienone is 1. The molecule has 0 aliphatic heterocycles. The zero-order valence-electron chi connectivity index (χ0n) is 13.3. The van der Waals surface area contributed by atoms with Crippen molar-refractivity contribution in [2.24, 2.45) is 0 Å². The number of aromatic nitrogens is 1. The van der Waals surface area contributed by atoms with Gasteiger partial charge in [0.15, 0.2) is 0 Å². The molecule has 0 fully saturated rings. The molecule has 0 aliphatic carbocycles. The molecule has 0 bridgehead atoms. The van der Waals surface area contributed by atoms with Crippen LogP contribution in [0.25, 0.3) is 21.9 Å². The van der Waals surface area contributed by atoms with Crippen LogP contribution in [0.2, 0.25) is 0 Å². The van der Waals surface area contributed by atoms with E-state index in [1.165, 1.54) is 30.3 Å². The monoisotopic (exact) mass is 396 g/mol. The molecule has 2 aromatic carbocycles. The van der Waals surface area contributed by atoms with Gasteiger partial charge in [0.1, 0.15) is 16.8 Å². The van der Waals surface area contributed by atoms with Crippen molar-refractivity contribution >= 4 is 33.2 Å². The number of nitriles is 1. The molecular weight excluding hydrogens is 387 g/mol. The van der Waals surface area contributed by atoms with Crippen molar-refractivity contribution in [3.8, 4) is 11.8 Å². The van der Waals surface area contributed by atoms with Gasteiger partial charge in [-0.2, -0.15) is 27.2 Å². The Bertz CT molecular complexity index is 1050. The Balaban J connectivity index is 2.04. The molecule has 0 amide bonds. The minimum Gasteiger partial charge on any atom is -0.434 e. The molecule has 0 aliphatic rings. The number of fused-ring (bicyclic) bond motifs is 1. The minimum atomic E-state index is -4.50. The van der Waals surface area contributed by atoms with Gasteiger partial charge in [-0.25, -0.2) is 4.98 Å². The third kappa shape index (κ3) is 4.23. The molecule has 0 radical (unpaired) electrons. The minimum absolute atomic E-state index is 0.0232. The standard InChI is InChI=1S/C18H9F5N2OS/c19-17(20)26-14-4-2-1-3-10(14)7-11(9-24)16-25-13-8-12(18(21,22)23)5-6-15(13)27-16/h1-8,17H. The second kappa shape index (κ2) is 7.32. The summed E-state index contributed by atoms with van der Waals surface area (Å²) < 4.78 is 68.4. The molecule has 0 spiro atoms. The number of nitrogens with zero attached hydrogens (tertiary/aromatic N) is 2. The van der Waals surface area contributed by atoms with Gasteiger partial charge in [0, 0.05) is 5.56 Å². The molecule has 9 heteroatoms. The molecule has 138 valence electrons. The summed E-state index contributed by atoms with van der Waals surface area (Å²) in [6.07, 6.45) is -3.20. The first kappa shape index (κ1) is 18.8. The molecular formula is C18H9F5N2OS. The lowest BCUT2D eigenvalue weighted by Gasteiger charge is -2.07. The number of para-hydroxylation sites is 1. The number of hydrogen-bond acceptors (Lipinski definition) is 4. The van der Waals surface area contributed by atoms with Gasteiger partial charge in [-0.05, 0) is 30.3 Å². The van der Waals surface area contributed by atoms with Crippen molar-refractivity contribution in [1.82, 2.24) is 4.98 Å². The van der Waals surface area contributed by atoms with E-state index in [-0.39, 0.29) is 27.4 Å². The van der Waals surface area contributed by atoms with Crippen molar-refractivity contribution in [1.29, 1.82) is 5.26 Å². The number of alkyl halides is 5. The fraction of sp³-hybridized carbons (Fsp3) is 0.111. The van der Waals surface area contributed by atoms with E-state index in [1.54, 1.807) is 6.07 Å². The number of rotatable bonds is 4. The first-order chi connectivity index (χ1) is 12.8. The summed E-state index contributed by atoms with van der Waals surface area (Å²) in [5.41, 5.74) is -0.493. The lowest BCUT2D eigenvalue weighted by molar-refractivity contribution is -0.137. The fourth-order valence-electron chi connectivity index (χ4n) is 2.32. The Labute approximate surface area is 153 Å². The summed E-state index contributed by atoms with van der Waals surface area (Å²) in [7, 11) is 0. The van der Waals surface area contributed by atoms with Gasteiger partial charge in [-0.3, -0.25) is 0 Å². The molecule has 0 saturated carbocycles. The smallest absolute Gasteiger partial charge is 0.416 e. The number of thiazole rings is 1.